The maximum Gasteiger partial charge on any atom is 0.246 e. The van der Waals surface area contributed by atoms with Crippen LogP contribution in [0.2, 0.25) is 10.0 Å². The summed E-state index contributed by atoms with van der Waals surface area (Å²) < 4.78 is 32.8. The molecule has 2 aromatic rings. The van der Waals surface area contributed by atoms with E-state index in [-0.39, 0.29) is 23.1 Å². The van der Waals surface area contributed by atoms with E-state index >= 15 is 0 Å². The van der Waals surface area contributed by atoms with Crippen LogP contribution < -0.4 is 10.1 Å². The lowest BCUT2D eigenvalue weighted by Crippen LogP contribution is -2.43. The molecule has 1 aliphatic rings. The molecule has 9 heteroatoms. The van der Waals surface area contributed by atoms with Gasteiger partial charge in [0.15, 0.2) is 0 Å². The predicted molar refractivity (Wildman–Crippen MR) is 110 cm³/mol. The van der Waals surface area contributed by atoms with Crippen molar-refractivity contribution < 1.29 is 17.9 Å². The number of benzene rings is 2. The number of rotatable bonds is 5. The number of anilines is 1. The molecule has 0 bridgehead atoms. The van der Waals surface area contributed by atoms with Crippen LogP contribution in [0.4, 0.5) is 5.69 Å². The number of hydrogen-bond donors (Lipinski definition) is 1. The number of methoxy groups -OCH3 is 1. The number of piperidine rings is 1. The van der Waals surface area contributed by atoms with Crippen molar-refractivity contribution >= 4 is 44.8 Å². The number of amides is 1. The lowest BCUT2D eigenvalue weighted by Gasteiger charge is -2.31. The van der Waals surface area contributed by atoms with E-state index in [1.807, 2.05) is 0 Å². The molecular weight excluding hydrogens is 423 g/mol. The van der Waals surface area contributed by atoms with Gasteiger partial charge in [-0.15, -0.1) is 0 Å². The summed E-state index contributed by atoms with van der Waals surface area (Å²) in [7, 11) is -2.44. The zero-order valence-corrected chi connectivity index (χ0v) is 17.5. The van der Waals surface area contributed by atoms with Crippen molar-refractivity contribution in [2.75, 3.05) is 25.5 Å². The van der Waals surface area contributed by atoms with Crippen molar-refractivity contribution in [3.05, 3.63) is 52.5 Å². The van der Waals surface area contributed by atoms with Crippen LogP contribution in [0.5, 0.6) is 5.75 Å². The molecule has 1 atom stereocenters. The monoisotopic (exact) mass is 442 g/mol. The number of carbonyl (C=O) groups is 1. The summed E-state index contributed by atoms with van der Waals surface area (Å²) in [6.07, 6.45) is 1.19. The normalized spacial score (nSPS) is 17.9. The maximum absolute atomic E-state index is 13.1. The minimum atomic E-state index is -3.85. The summed E-state index contributed by atoms with van der Waals surface area (Å²) in [4.78, 5) is 12.6. The number of nitrogens with zero attached hydrogens (tertiary/aromatic N) is 1. The molecule has 150 valence electrons. The van der Waals surface area contributed by atoms with Crippen LogP contribution in [0.15, 0.2) is 47.4 Å². The summed E-state index contributed by atoms with van der Waals surface area (Å²) in [6.45, 7) is 0.431. The number of sulfonamides is 1. The zero-order valence-electron chi connectivity index (χ0n) is 15.2. The van der Waals surface area contributed by atoms with Gasteiger partial charge in [0.05, 0.1) is 13.0 Å². The SMILES string of the molecule is COc1ccc(Cl)cc1S(=O)(=O)N1CCC[C@@H](C(=O)Nc2ccc(Cl)cc2)C1. The first-order valence-corrected chi connectivity index (χ1v) is 10.9. The Morgan fingerprint density at radius 1 is 1.14 bits per heavy atom. The highest BCUT2D eigenvalue weighted by molar-refractivity contribution is 7.89. The maximum atomic E-state index is 13.1. The summed E-state index contributed by atoms with van der Waals surface area (Å²) in [5.41, 5.74) is 0.617. The van der Waals surface area contributed by atoms with Crippen molar-refractivity contribution in [1.29, 1.82) is 0 Å². The van der Waals surface area contributed by atoms with Gasteiger partial charge in [0.25, 0.3) is 0 Å². The van der Waals surface area contributed by atoms with E-state index in [1.54, 1.807) is 30.3 Å². The van der Waals surface area contributed by atoms with Gasteiger partial charge in [-0.3, -0.25) is 4.79 Å². The third-order valence-corrected chi connectivity index (χ3v) is 6.98. The van der Waals surface area contributed by atoms with E-state index in [0.717, 1.165) is 0 Å². The van der Waals surface area contributed by atoms with Crippen LogP contribution in [0.25, 0.3) is 0 Å². The molecule has 1 fully saturated rings. The van der Waals surface area contributed by atoms with Crippen molar-refractivity contribution in [1.82, 2.24) is 4.31 Å². The number of ether oxygens (including phenoxy) is 1. The van der Waals surface area contributed by atoms with Crippen molar-refractivity contribution in [3.63, 3.8) is 0 Å². The molecule has 1 saturated heterocycles. The lowest BCUT2D eigenvalue weighted by atomic mass is 9.99. The molecule has 0 spiro atoms. The van der Waals surface area contributed by atoms with Crippen molar-refractivity contribution in [3.8, 4) is 5.75 Å². The van der Waals surface area contributed by atoms with Gasteiger partial charge >= 0.3 is 0 Å². The molecule has 0 radical (unpaired) electrons. The minimum absolute atomic E-state index is 0.00117. The largest absolute Gasteiger partial charge is 0.495 e. The van der Waals surface area contributed by atoms with Crippen LogP contribution in [0, 0.1) is 5.92 Å². The third kappa shape index (κ3) is 4.60. The number of halogens is 2. The lowest BCUT2D eigenvalue weighted by molar-refractivity contribution is -0.120. The van der Waals surface area contributed by atoms with Crippen LogP contribution in [-0.2, 0) is 14.8 Å². The topological polar surface area (TPSA) is 75.7 Å². The van der Waals surface area contributed by atoms with Gasteiger partial charge in [-0.05, 0) is 55.3 Å². The second-order valence-electron chi connectivity index (χ2n) is 6.49. The first-order valence-electron chi connectivity index (χ1n) is 8.71. The predicted octanol–water partition coefficient (Wildman–Crippen LogP) is 4.04. The van der Waals surface area contributed by atoms with Gasteiger partial charge < -0.3 is 10.1 Å². The molecule has 3 rings (SSSR count). The molecule has 28 heavy (non-hydrogen) atoms. The second kappa shape index (κ2) is 8.69. The molecule has 0 aromatic heterocycles. The van der Waals surface area contributed by atoms with E-state index < -0.39 is 15.9 Å². The number of nitrogens with one attached hydrogen (secondary N) is 1. The molecule has 6 nitrogen and oxygen atoms in total. The van der Waals surface area contributed by atoms with E-state index in [0.29, 0.717) is 35.1 Å². The summed E-state index contributed by atoms with van der Waals surface area (Å²) in [5, 5.41) is 3.69. The van der Waals surface area contributed by atoms with Gasteiger partial charge in [0.1, 0.15) is 10.6 Å². The van der Waals surface area contributed by atoms with Gasteiger partial charge in [-0.2, -0.15) is 4.31 Å². The second-order valence-corrected chi connectivity index (χ2v) is 9.27. The van der Waals surface area contributed by atoms with Crippen LogP contribution >= 0.6 is 23.2 Å². The zero-order chi connectivity index (χ0) is 20.3. The van der Waals surface area contributed by atoms with E-state index in [4.69, 9.17) is 27.9 Å². The molecule has 1 amide bonds. The average Bonchev–Trinajstić information content (AvgIpc) is 2.69. The van der Waals surface area contributed by atoms with Gasteiger partial charge in [-0.1, -0.05) is 23.2 Å². The fourth-order valence-electron chi connectivity index (χ4n) is 3.14. The van der Waals surface area contributed by atoms with Crippen molar-refractivity contribution in [2.24, 2.45) is 5.92 Å². The van der Waals surface area contributed by atoms with Gasteiger partial charge in [-0.25, -0.2) is 8.42 Å². The number of hydrogen-bond acceptors (Lipinski definition) is 4. The quantitative estimate of drug-likeness (QED) is 0.757. The standard InChI is InChI=1S/C19H20Cl2N2O4S/c1-27-17-9-6-15(21)11-18(17)28(25,26)23-10-2-3-13(12-23)19(24)22-16-7-4-14(20)5-8-16/h4-9,11,13H,2-3,10,12H2,1H3,(H,22,24)/t13-/m1/s1. The van der Waals surface area contributed by atoms with E-state index in [9.17, 15) is 13.2 Å². The first-order chi connectivity index (χ1) is 13.3. The Bertz CT molecular complexity index is 964. The Balaban J connectivity index is 1.78. The molecule has 0 saturated carbocycles. The Morgan fingerprint density at radius 2 is 1.82 bits per heavy atom. The van der Waals surface area contributed by atoms with Gasteiger partial charge in [0.2, 0.25) is 15.9 Å². The fourth-order valence-corrected chi connectivity index (χ4v) is 5.21. The highest BCUT2D eigenvalue weighted by atomic mass is 35.5. The summed E-state index contributed by atoms with van der Waals surface area (Å²) in [6, 6.07) is 11.2. The first kappa shape index (κ1) is 20.9. The van der Waals surface area contributed by atoms with Crippen molar-refractivity contribution in [2.45, 2.75) is 17.7 Å². The Morgan fingerprint density at radius 3 is 2.50 bits per heavy atom. The summed E-state index contributed by atoms with van der Waals surface area (Å²) in [5.74, 6) is -0.457. The summed E-state index contributed by atoms with van der Waals surface area (Å²) >= 11 is 11.8. The molecule has 0 aliphatic carbocycles. The number of carbonyl (C=O) groups excluding carboxylic acids is 1. The Labute approximate surface area is 174 Å². The molecule has 2 aromatic carbocycles. The third-order valence-electron chi connectivity index (χ3n) is 4.61. The highest BCUT2D eigenvalue weighted by Gasteiger charge is 2.35. The Hall–Kier alpha value is -1.80. The highest BCUT2D eigenvalue weighted by Crippen LogP contribution is 2.32. The molecule has 1 aliphatic heterocycles. The van der Waals surface area contributed by atoms with Crippen LogP contribution in [0.1, 0.15) is 12.8 Å². The van der Waals surface area contributed by atoms with Gasteiger partial charge in [0, 0.05) is 28.8 Å². The van der Waals surface area contributed by atoms with Crippen LogP contribution in [-0.4, -0.2) is 38.8 Å². The smallest absolute Gasteiger partial charge is 0.246 e. The molecule has 1 N–H and O–H groups in total. The van der Waals surface area contributed by atoms with E-state index in [2.05, 4.69) is 5.32 Å². The van der Waals surface area contributed by atoms with E-state index in [1.165, 1.54) is 23.5 Å². The Kier molecular flexibility index (Phi) is 6.50. The minimum Gasteiger partial charge on any atom is -0.495 e. The molecule has 0 unspecified atom stereocenters. The molecule has 1 heterocycles. The average molecular weight is 443 g/mol. The molecular formula is C19H20Cl2N2O4S. The van der Waals surface area contributed by atoms with Crippen LogP contribution in [0.3, 0.4) is 0 Å². The fraction of sp³-hybridized carbons (Fsp3) is 0.316.